The molecule has 0 spiro atoms. The molecular formula is C18H12FNO4. The highest BCUT2D eigenvalue weighted by Gasteiger charge is 2.31. The van der Waals surface area contributed by atoms with E-state index in [1.165, 1.54) is 24.3 Å². The van der Waals surface area contributed by atoms with Gasteiger partial charge in [0.1, 0.15) is 28.6 Å². The lowest BCUT2D eigenvalue weighted by molar-refractivity contribution is 0.101. The second kappa shape index (κ2) is 4.86. The second-order valence-corrected chi connectivity index (χ2v) is 5.63. The van der Waals surface area contributed by atoms with E-state index in [1.807, 2.05) is 11.6 Å². The summed E-state index contributed by atoms with van der Waals surface area (Å²) in [6, 6.07) is 6.75. The summed E-state index contributed by atoms with van der Waals surface area (Å²) < 4.78 is 20.8. The minimum absolute atomic E-state index is 0.00246. The lowest BCUT2D eigenvalue weighted by atomic mass is 10.1. The topological polar surface area (TPSA) is 71.7 Å². The Morgan fingerprint density at radius 3 is 2.79 bits per heavy atom. The lowest BCUT2D eigenvalue weighted by Crippen LogP contribution is -1.98. The van der Waals surface area contributed by atoms with Crippen LogP contribution in [-0.4, -0.2) is 20.6 Å². The molecular weight excluding hydrogens is 313 g/mol. The number of allylic oxidation sites excluding steroid dienone is 1. The lowest BCUT2D eigenvalue weighted by Gasteiger charge is -2.00. The Morgan fingerprint density at radius 2 is 2.00 bits per heavy atom. The SMILES string of the molecule is Cn1cc(C=C2Oc3cc(O)cc(O)c3C2=O)c2cc(F)ccc21. The quantitative estimate of drug-likeness (QED) is 0.673. The number of benzene rings is 2. The maximum atomic E-state index is 13.5. The van der Waals surface area contributed by atoms with E-state index < -0.39 is 5.78 Å². The van der Waals surface area contributed by atoms with Crippen LogP contribution in [0.3, 0.4) is 0 Å². The van der Waals surface area contributed by atoms with Crippen molar-refractivity contribution >= 4 is 22.8 Å². The van der Waals surface area contributed by atoms with Crippen molar-refractivity contribution in [1.29, 1.82) is 0 Å². The number of carbonyl (C=O) groups excluding carboxylic acids is 1. The van der Waals surface area contributed by atoms with E-state index in [9.17, 15) is 19.4 Å². The fourth-order valence-electron chi connectivity index (χ4n) is 2.93. The van der Waals surface area contributed by atoms with Crippen molar-refractivity contribution in [2.45, 2.75) is 0 Å². The monoisotopic (exact) mass is 325 g/mol. The van der Waals surface area contributed by atoms with E-state index in [0.29, 0.717) is 10.9 Å². The van der Waals surface area contributed by atoms with E-state index in [-0.39, 0.29) is 34.4 Å². The number of rotatable bonds is 1. The Bertz CT molecular complexity index is 1050. The van der Waals surface area contributed by atoms with Crippen molar-refractivity contribution in [2.75, 3.05) is 0 Å². The third-order valence-corrected chi connectivity index (χ3v) is 4.01. The van der Waals surface area contributed by atoms with Gasteiger partial charge in [-0.3, -0.25) is 4.79 Å². The van der Waals surface area contributed by atoms with Crippen LogP contribution in [0.15, 0.2) is 42.3 Å². The molecule has 24 heavy (non-hydrogen) atoms. The first kappa shape index (κ1) is 14.3. The molecule has 1 aliphatic heterocycles. The molecule has 0 bridgehead atoms. The fourth-order valence-corrected chi connectivity index (χ4v) is 2.93. The summed E-state index contributed by atoms with van der Waals surface area (Å²) in [6.45, 7) is 0. The number of ether oxygens (including phenoxy) is 1. The Kier molecular flexibility index (Phi) is 2.90. The van der Waals surface area contributed by atoms with Crippen LogP contribution >= 0.6 is 0 Å². The first-order valence-electron chi connectivity index (χ1n) is 7.19. The summed E-state index contributed by atoms with van der Waals surface area (Å²) in [7, 11) is 1.82. The number of phenolic OH excluding ortho intramolecular Hbond substituents is 2. The summed E-state index contributed by atoms with van der Waals surface area (Å²) in [5, 5.41) is 20.0. The molecule has 0 aliphatic carbocycles. The predicted molar refractivity (Wildman–Crippen MR) is 85.6 cm³/mol. The van der Waals surface area contributed by atoms with Crippen LogP contribution in [-0.2, 0) is 7.05 Å². The van der Waals surface area contributed by atoms with Gasteiger partial charge in [0.2, 0.25) is 5.78 Å². The highest BCUT2D eigenvalue weighted by molar-refractivity contribution is 6.16. The molecule has 5 nitrogen and oxygen atoms in total. The van der Waals surface area contributed by atoms with Crippen LogP contribution < -0.4 is 4.74 Å². The number of Topliss-reactive ketones (excluding diaryl/α,β-unsaturated/α-hetero) is 1. The second-order valence-electron chi connectivity index (χ2n) is 5.63. The number of aromatic nitrogens is 1. The van der Waals surface area contributed by atoms with Gasteiger partial charge in [-0.25, -0.2) is 4.39 Å². The first-order valence-corrected chi connectivity index (χ1v) is 7.19. The van der Waals surface area contributed by atoms with E-state index >= 15 is 0 Å². The molecule has 1 aliphatic rings. The molecule has 0 radical (unpaired) electrons. The third-order valence-electron chi connectivity index (χ3n) is 4.01. The van der Waals surface area contributed by atoms with Gasteiger partial charge in [-0.2, -0.15) is 0 Å². The van der Waals surface area contributed by atoms with E-state index in [0.717, 1.165) is 11.6 Å². The Labute approximate surface area is 135 Å². The minimum Gasteiger partial charge on any atom is -0.508 e. The average Bonchev–Trinajstić information content (AvgIpc) is 2.97. The molecule has 2 heterocycles. The summed E-state index contributed by atoms with van der Waals surface area (Å²) in [5.74, 6) is -1.32. The molecule has 6 heteroatoms. The Morgan fingerprint density at radius 1 is 1.21 bits per heavy atom. The zero-order chi connectivity index (χ0) is 17.0. The van der Waals surface area contributed by atoms with Crippen LogP contribution in [0.5, 0.6) is 17.2 Å². The molecule has 0 unspecified atom stereocenters. The Balaban J connectivity index is 1.85. The summed E-state index contributed by atoms with van der Waals surface area (Å²) in [4.78, 5) is 12.4. The number of phenols is 2. The zero-order valence-corrected chi connectivity index (χ0v) is 12.6. The molecule has 0 saturated heterocycles. The molecule has 0 saturated carbocycles. The molecule has 3 aromatic rings. The number of halogens is 1. The third kappa shape index (κ3) is 2.04. The van der Waals surface area contributed by atoms with E-state index in [4.69, 9.17) is 4.74 Å². The standard InChI is InChI=1S/C18H12FNO4/c1-20-8-9(12-5-10(19)2-3-13(12)20)4-16-18(23)17-14(22)6-11(21)7-15(17)24-16/h2-8,21-22H,1H3. The van der Waals surface area contributed by atoms with Crippen molar-refractivity contribution in [3.05, 3.63) is 59.2 Å². The van der Waals surface area contributed by atoms with Gasteiger partial charge in [0.05, 0.1) is 0 Å². The first-order chi connectivity index (χ1) is 11.4. The smallest absolute Gasteiger partial charge is 0.235 e. The van der Waals surface area contributed by atoms with Crippen molar-refractivity contribution in [2.24, 2.45) is 7.05 Å². The molecule has 0 fully saturated rings. The fraction of sp³-hybridized carbons (Fsp3) is 0.0556. The molecule has 2 N–H and O–H groups in total. The number of aryl methyl sites for hydroxylation is 1. The Hall–Kier alpha value is -3.28. The van der Waals surface area contributed by atoms with Gasteiger partial charge in [0.25, 0.3) is 0 Å². The van der Waals surface area contributed by atoms with Crippen molar-refractivity contribution in [3.8, 4) is 17.2 Å². The highest BCUT2D eigenvalue weighted by atomic mass is 19.1. The zero-order valence-electron chi connectivity index (χ0n) is 12.6. The minimum atomic E-state index is -0.490. The van der Waals surface area contributed by atoms with Crippen LogP contribution in [0.1, 0.15) is 15.9 Å². The number of hydrogen-bond donors (Lipinski definition) is 2. The van der Waals surface area contributed by atoms with Crippen LogP contribution in [0, 0.1) is 5.82 Å². The van der Waals surface area contributed by atoms with Gasteiger partial charge in [-0.1, -0.05) is 0 Å². The van der Waals surface area contributed by atoms with Gasteiger partial charge in [0.15, 0.2) is 5.76 Å². The number of ketones is 1. The van der Waals surface area contributed by atoms with Gasteiger partial charge in [-0.15, -0.1) is 0 Å². The summed E-state index contributed by atoms with van der Waals surface area (Å²) in [5.41, 5.74) is 1.43. The van der Waals surface area contributed by atoms with Gasteiger partial charge in [-0.05, 0) is 24.3 Å². The van der Waals surface area contributed by atoms with E-state index in [1.54, 1.807) is 12.3 Å². The molecule has 0 atom stereocenters. The van der Waals surface area contributed by atoms with Crippen molar-refractivity contribution in [1.82, 2.24) is 4.57 Å². The number of carbonyl (C=O) groups is 1. The average molecular weight is 325 g/mol. The maximum absolute atomic E-state index is 13.5. The van der Waals surface area contributed by atoms with Crippen LogP contribution in [0.2, 0.25) is 0 Å². The summed E-state index contributed by atoms with van der Waals surface area (Å²) in [6.07, 6.45) is 3.26. The van der Waals surface area contributed by atoms with Crippen molar-refractivity contribution in [3.63, 3.8) is 0 Å². The molecule has 4 rings (SSSR count). The van der Waals surface area contributed by atoms with Crippen LogP contribution in [0.4, 0.5) is 4.39 Å². The molecule has 1 aromatic heterocycles. The maximum Gasteiger partial charge on any atom is 0.235 e. The van der Waals surface area contributed by atoms with Gasteiger partial charge < -0.3 is 19.5 Å². The highest BCUT2D eigenvalue weighted by Crippen LogP contribution is 2.41. The van der Waals surface area contributed by atoms with Gasteiger partial charge in [0, 0.05) is 41.8 Å². The summed E-state index contributed by atoms with van der Waals surface area (Å²) >= 11 is 0. The molecule has 2 aromatic carbocycles. The van der Waals surface area contributed by atoms with E-state index in [2.05, 4.69) is 0 Å². The predicted octanol–water partition coefficient (Wildman–Crippen LogP) is 3.34. The van der Waals surface area contributed by atoms with Crippen molar-refractivity contribution < 1.29 is 24.1 Å². The van der Waals surface area contributed by atoms with Crippen LogP contribution in [0.25, 0.3) is 17.0 Å². The number of aromatic hydroxyl groups is 2. The largest absolute Gasteiger partial charge is 0.508 e. The van der Waals surface area contributed by atoms with Gasteiger partial charge >= 0.3 is 0 Å². The normalized spacial score (nSPS) is 15.1. The number of hydrogen-bond acceptors (Lipinski definition) is 4. The number of nitrogens with zero attached hydrogens (tertiary/aromatic N) is 1. The molecule has 120 valence electrons. The number of fused-ring (bicyclic) bond motifs is 2. The molecule has 0 amide bonds.